The van der Waals surface area contributed by atoms with Crippen molar-refractivity contribution in [2.24, 2.45) is 0 Å². The number of esters is 1. The number of carbonyl (C=O) groups excluding carboxylic acids is 1. The molecule has 0 amide bonds. The first-order valence-corrected chi connectivity index (χ1v) is 15.1. The lowest BCUT2D eigenvalue weighted by atomic mass is 9.95. The second-order valence-electron chi connectivity index (χ2n) is 10.2. The van der Waals surface area contributed by atoms with Crippen molar-refractivity contribution in [2.45, 2.75) is 32.6 Å². The van der Waals surface area contributed by atoms with Crippen LogP contribution >= 0.6 is 11.3 Å². The molecule has 0 saturated carbocycles. The Morgan fingerprint density at radius 1 is 0.975 bits per heavy atom. The largest absolute Gasteiger partial charge is 0.462 e. The first-order valence-electron chi connectivity index (χ1n) is 14.2. The SMILES string of the molecule is CCOC(=O)c1c(Nc2nc3ccccc3nc2N2CCN(C/C=C/c3ccccc3)CC2)sc2c1CCCC2. The topological polar surface area (TPSA) is 70.6 Å². The van der Waals surface area contributed by atoms with E-state index in [1.165, 1.54) is 10.4 Å². The molecule has 0 atom stereocenters. The van der Waals surface area contributed by atoms with Crippen molar-refractivity contribution in [3.8, 4) is 0 Å². The molecule has 1 fully saturated rings. The molecule has 1 saturated heterocycles. The predicted molar refractivity (Wildman–Crippen MR) is 164 cm³/mol. The van der Waals surface area contributed by atoms with Crippen molar-refractivity contribution in [3.05, 3.63) is 82.2 Å². The average molecular weight is 554 g/mol. The molecule has 3 heterocycles. The van der Waals surface area contributed by atoms with Gasteiger partial charge in [0, 0.05) is 37.6 Å². The highest BCUT2D eigenvalue weighted by Crippen LogP contribution is 2.41. The highest BCUT2D eigenvalue weighted by molar-refractivity contribution is 7.16. The molecule has 2 aliphatic rings. The lowest BCUT2D eigenvalue weighted by Gasteiger charge is -2.35. The van der Waals surface area contributed by atoms with Gasteiger partial charge in [0.2, 0.25) is 0 Å². The first-order chi connectivity index (χ1) is 19.7. The van der Waals surface area contributed by atoms with Crippen LogP contribution in [0.5, 0.6) is 0 Å². The number of fused-ring (bicyclic) bond motifs is 2. The van der Waals surface area contributed by atoms with Crippen LogP contribution in [0.15, 0.2) is 60.7 Å². The zero-order chi connectivity index (χ0) is 27.3. The average Bonchev–Trinajstić information content (AvgIpc) is 3.36. The standard InChI is InChI=1S/C32H35N5O2S/c1-2-39-32(38)28-24-14-6-9-17-27(24)40-31(28)35-29-30(34-26-16-8-7-15-25(26)33-29)37-21-19-36(20-22-37)18-10-13-23-11-4-3-5-12-23/h3-5,7-8,10-13,15-16H,2,6,9,14,17-22H2,1H3,(H,33,35)/b13-10+. The zero-order valence-corrected chi connectivity index (χ0v) is 23.8. The molecule has 0 bridgehead atoms. The number of aryl methyl sites for hydroxylation is 1. The number of anilines is 3. The van der Waals surface area contributed by atoms with Gasteiger partial charge in [0.25, 0.3) is 0 Å². The summed E-state index contributed by atoms with van der Waals surface area (Å²) in [6, 6.07) is 18.4. The number of para-hydroxylation sites is 2. The lowest BCUT2D eigenvalue weighted by molar-refractivity contribution is 0.0526. The number of hydrogen-bond donors (Lipinski definition) is 1. The predicted octanol–water partition coefficient (Wildman–Crippen LogP) is 6.33. The van der Waals surface area contributed by atoms with Gasteiger partial charge in [0.1, 0.15) is 5.00 Å². The summed E-state index contributed by atoms with van der Waals surface area (Å²) in [4.78, 5) is 29.2. The minimum atomic E-state index is -0.253. The number of hydrogen-bond acceptors (Lipinski definition) is 8. The van der Waals surface area contributed by atoms with Crippen molar-refractivity contribution in [1.29, 1.82) is 0 Å². The van der Waals surface area contributed by atoms with Crippen LogP contribution in [0.3, 0.4) is 0 Å². The lowest BCUT2D eigenvalue weighted by Crippen LogP contribution is -2.46. The van der Waals surface area contributed by atoms with Crippen molar-refractivity contribution in [2.75, 3.05) is 49.5 Å². The third-order valence-corrected chi connectivity index (χ3v) is 8.79. The van der Waals surface area contributed by atoms with E-state index in [0.29, 0.717) is 18.0 Å². The van der Waals surface area contributed by atoms with Gasteiger partial charge < -0.3 is 15.0 Å². The van der Waals surface area contributed by atoms with Gasteiger partial charge in [-0.15, -0.1) is 11.3 Å². The van der Waals surface area contributed by atoms with Crippen LogP contribution in [-0.2, 0) is 17.6 Å². The molecule has 40 heavy (non-hydrogen) atoms. The minimum Gasteiger partial charge on any atom is -0.462 e. The smallest absolute Gasteiger partial charge is 0.341 e. The molecule has 8 heteroatoms. The zero-order valence-electron chi connectivity index (χ0n) is 22.9. The van der Waals surface area contributed by atoms with Crippen LogP contribution in [0.1, 0.15) is 46.1 Å². The number of nitrogens with one attached hydrogen (secondary N) is 1. The van der Waals surface area contributed by atoms with E-state index >= 15 is 0 Å². The Hall–Kier alpha value is -3.75. The Labute approximate surface area is 239 Å². The third-order valence-electron chi connectivity index (χ3n) is 7.58. The maximum absolute atomic E-state index is 13.1. The van der Waals surface area contributed by atoms with Gasteiger partial charge >= 0.3 is 5.97 Å². The number of benzene rings is 2. The quantitative estimate of drug-likeness (QED) is 0.256. The summed E-state index contributed by atoms with van der Waals surface area (Å²) in [6.45, 7) is 6.71. The van der Waals surface area contributed by atoms with E-state index < -0.39 is 0 Å². The summed E-state index contributed by atoms with van der Waals surface area (Å²) < 4.78 is 5.49. The highest BCUT2D eigenvalue weighted by atomic mass is 32.1. The molecule has 6 rings (SSSR count). The third kappa shape index (κ3) is 5.74. The Morgan fingerprint density at radius 3 is 2.48 bits per heavy atom. The van der Waals surface area contributed by atoms with E-state index in [1.807, 2.05) is 37.3 Å². The number of ether oxygens (including phenoxy) is 1. The van der Waals surface area contributed by atoms with Gasteiger partial charge in [-0.3, -0.25) is 4.90 Å². The van der Waals surface area contributed by atoms with Crippen molar-refractivity contribution < 1.29 is 9.53 Å². The molecular formula is C32H35N5O2S. The Bertz CT molecular complexity index is 1510. The molecule has 1 aliphatic carbocycles. The normalized spacial score (nSPS) is 15.9. The van der Waals surface area contributed by atoms with Crippen molar-refractivity contribution in [3.63, 3.8) is 0 Å². The van der Waals surface area contributed by atoms with E-state index in [9.17, 15) is 4.79 Å². The van der Waals surface area contributed by atoms with E-state index in [-0.39, 0.29) is 5.97 Å². The van der Waals surface area contributed by atoms with E-state index in [4.69, 9.17) is 14.7 Å². The van der Waals surface area contributed by atoms with Crippen LogP contribution in [0.25, 0.3) is 17.1 Å². The fraction of sp³-hybridized carbons (Fsp3) is 0.344. The summed E-state index contributed by atoms with van der Waals surface area (Å²) >= 11 is 1.67. The second kappa shape index (κ2) is 12.2. The van der Waals surface area contributed by atoms with E-state index in [0.717, 1.165) is 85.8 Å². The number of aromatic nitrogens is 2. The number of thiophene rings is 1. The van der Waals surface area contributed by atoms with Gasteiger partial charge in [-0.2, -0.15) is 0 Å². The highest BCUT2D eigenvalue weighted by Gasteiger charge is 2.28. The minimum absolute atomic E-state index is 0.253. The number of carbonyl (C=O) groups is 1. The molecule has 1 N–H and O–H groups in total. The van der Waals surface area contributed by atoms with Crippen molar-refractivity contribution >= 4 is 51.1 Å². The van der Waals surface area contributed by atoms with Crippen LogP contribution in [0, 0.1) is 0 Å². The molecular weight excluding hydrogens is 518 g/mol. The van der Waals surface area contributed by atoms with Crippen LogP contribution < -0.4 is 10.2 Å². The summed E-state index contributed by atoms with van der Waals surface area (Å²) in [5.41, 5.74) is 4.74. The van der Waals surface area contributed by atoms with Crippen molar-refractivity contribution in [1.82, 2.24) is 14.9 Å². The summed E-state index contributed by atoms with van der Waals surface area (Å²) in [5.74, 6) is 1.27. The Kier molecular flexibility index (Phi) is 8.07. The molecule has 0 spiro atoms. The van der Waals surface area contributed by atoms with E-state index in [2.05, 4.69) is 51.5 Å². The molecule has 206 valence electrons. The fourth-order valence-corrected chi connectivity index (χ4v) is 6.80. The molecule has 0 radical (unpaired) electrons. The summed E-state index contributed by atoms with van der Waals surface area (Å²) in [6.07, 6.45) is 8.60. The first kappa shape index (κ1) is 26.5. The molecule has 4 aromatic rings. The van der Waals surface area contributed by atoms with E-state index in [1.54, 1.807) is 11.3 Å². The fourth-order valence-electron chi connectivity index (χ4n) is 5.52. The van der Waals surface area contributed by atoms with Gasteiger partial charge in [0.15, 0.2) is 11.6 Å². The number of rotatable bonds is 8. The monoisotopic (exact) mass is 553 g/mol. The number of nitrogens with zero attached hydrogens (tertiary/aromatic N) is 4. The Balaban J connectivity index is 1.25. The Morgan fingerprint density at radius 2 is 1.70 bits per heavy atom. The molecule has 2 aromatic heterocycles. The second-order valence-corrected chi connectivity index (χ2v) is 11.4. The van der Waals surface area contributed by atoms with Gasteiger partial charge in [-0.05, 0) is 55.9 Å². The summed E-state index contributed by atoms with van der Waals surface area (Å²) in [7, 11) is 0. The van der Waals surface area contributed by atoms with Gasteiger partial charge in [0.05, 0.1) is 23.2 Å². The molecule has 2 aromatic carbocycles. The maximum Gasteiger partial charge on any atom is 0.341 e. The van der Waals surface area contributed by atoms with Crippen LogP contribution in [0.4, 0.5) is 16.6 Å². The van der Waals surface area contributed by atoms with Gasteiger partial charge in [-0.25, -0.2) is 14.8 Å². The van der Waals surface area contributed by atoms with Gasteiger partial charge in [-0.1, -0.05) is 54.6 Å². The van der Waals surface area contributed by atoms with Crippen LogP contribution in [-0.4, -0.2) is 60.2 Å². The molecule has 1 aliphatic heterocycles. The molecule has 7 nitrogen and oxygen atoms in total. The maximum atomic E-state index is 13.1. The molecule has 0 unspecified atom stereocenters. The number of piperazine rings is 1. The van der Waals surface area contributed by atoms with Crippen LogP contribution in [0.2, 0.25) is 0 Å². The summed E-state index contributed by atoms with van der Waals surface area (Å²) in [5, 5.41) is 4.39.